The second kappa shape index (κ2) is 10.5. The van der Waals surface area contributed by atoms with E-state index in [1.807, 2.05) is 39.8 Å². The van der Waals surface area contributed by atoms with Crippen molar-refractivity contribution in [2.24, 2.45) is 0 Å². The van der Waals surface area contributed by atoms with Gasteiger partial charge in [0.25, 0.3) is 5.91 Å². The minimum atomic E-state index is -0.393. The number of carbonyl (C=O) groups is 1. The topological polar surface area (TPSA) is 81.7 Å². The molecule has 1 aromatic heterocycles. The van der Waals surface area contributed by atoms with Gasteiger partial charge in [0, 0.05) is 11.8 Å². The molecule has 0 radical (unpaired) electrons. The number of thiocarbonyl (C=S) groups is 1. The quantitative estimate of drug-likeness (QED) is 0.650. The van der Waals surface area contributed by atoms with Gasteiger partial charge in [-0.15, -0.1) is 0 Å². The lowest BCUT2D eigenvalue weighted by atomic mass is 10.1. The van der Waals surface area contributed by atoms with Gasteiger partial charge in [-0.05, 0) is 63.7 Å². The van der Waals surface area contributed by atoms with Gasteiger partial charge in [0.1, 0.15) is 5.82 Å². The van der Waals surface area contributed by atoms with Crippen LogP contribution in [0.15, 0.2) is 30.5 Å². The first kappa shape index (κ1) is 21.4. The molecule has 0 aliphatic heterocycles. The zero-order chi connectivity index (χ0) is 20.5. The van der Waals surface area contributed by atoms with Crippen molar-refractivity contribution in [1.29, 1.82) is 0 Å². The van der Waals surface area contributed by atoms with Crippen molar-refractivity contribution in [3.8, 4) is 17.2 Å². The van der Waals surface area contributed by atoms with Crippen LogP contribution in [0, 0.1) is 6.92 Å². The summed E-state index contributed by atoms with van der Waals surface area (Å²) in [5, 5.41) is 5.72. The Morgan fingerprint density at radius 2 is 1.68 bits per heavy atom. The van der Waals surface area contributed by atoms with Gasteiger partial charge in [0.15, 0.2) is 16.6 Å². The number of hydrogen-bond acceptors (Lipinski definition) is 6. The van der Waals surface area contributed by atoms with Gasteiger partial charge in [0.2, 0.25) is 5.75 Å². The van der Waals surface area contributed by atoms with Crippen LogP contribution < -0.4 is 24.8 Å². The predicted molar refractivity (Wildman–Crippen MR) is 113 cm³/mol. The van der Waals surface area contributed by atoms with Crippen molar-refractivity contribution in [2.45, 2.75) is 27.7 Å². The van der Waals surface area contributed by atoms with E-state index in [0.29, 0.717) is 48.5 Å². The molecule has 0 spiro atoms. The molecule has 0 aliphatic rings. The highest BCUT2D eigenvalue weighted by atomic mass is 32.1. The highest BCUT2D eigenvalue weighted by Gasteiger charge is 2.19. The summed E-state index contributed by atoms with van der Waals surface area (Å²) in [5.74, 6) is 1.56. The monoisotopic (exact) mass is 403 g/mol. The number of hydrogen-bond donors (Lipinski definition) is 2. The molecule has 1 heterocycles. The van der Waals surface area contributed by atoms with Gasteiger partial charge >= 0.3 is 0 Å². The lowest BCUT2D eigenvalue weighted by molar-refractivity contribution is 0.0976. The smallest absolute Gasteiger partial charge is 0.257 e. The van der Waals surface area contributed by atoms with E-state index in [1.165, 1.54) is 0 Å². The Morgan fingerprint density at radius 1 is 1.07 bits per heavy atom. The Morgan fingerprint density at radius 3 is 2.21 bits per heavy atom. The first-order valence-corrected chi connectivity index (χ1v) is 9.51. The second-order valence-electron chi connectivity index (χ2n) is 5.68. The number of ether oxygens (including phenoxy) is 3. The van der Waals surface area contributed by atoms with Crippen LogP contribution >= 0.6 is 12.2 Å². The van der Waals surface area contributed by atoms with E-state index in [9.17, 15) is 4.79 Å². The third kappa shape index (κ3) is 5.56. The van der Waals surface area contributed by atoms with Crippen LogP contribution in [-0.4, -0.2) is 35.8 Å². The standard InChI is InChI=1S/C20H25N3O4S/c1-5-25-15-11-14(12-16(26-6-2)17(15)27-7-3)19(24)23-20(28)22-18-13(4)9-8-10-21-18/h8-12H,5-7H2,1-4H3,(H2,21,22,23,24,28). The maximum Gasteiger partial charge on any atom is 0.257 e. The fourth-order valence-corrected chi connectivity index (χ4v) is 2.64. The average Bonchev–Trinajstić information content (AvgIpc) is 2.66. The number of nitrogens with one attached hydrogen (secondary N) is 2. The van der Waals surface area contributed by atoms with Crippen LogP contribution in [0.5, 0.6) is 17.2 Å². The molecule has 0 fully saturated rings. The van der Waals surface area contributed by atoms with Crippen molar-refractivity contribution < 1.29 is 19.0 Å². The molecule has 0 saturated carbocycles. The largest absolute Gasteiger partial charge is 0.490 e. The number of amides is 1. The van der Waals surface area contributed by atoms with E-state index in [0.717, 1.165) is 5.56 Å². The SMILES string of the molecule is CCOc1cc(C(=O)NC(=S)Nc2ncccc2C)cc(OCC)c1OCC. The van der Waals surface area contributed by atoms with Crippen molar-refractivity contribution in [3.05, 3.63) is 41.6 Å². The maximum absolute atomic E-state index is 12.7. The van der Waals surface area contributed by atoms with Gasteiger partial charge in [-0.25, -0.2) is 4.98 Å². The van der Waals surface area contributed by atoms with E-state index < -0.39 is 5.91 Å². The highest BCUT2D eigenvalue weighted by molar-refractivity contribution is 7.80. The normalized spacial score (nSPS) is 10.1. The number of nitrogens with zero attached hydrogens (tertiary/aromatic N) is 1. The summed E-state index contributed by atoms with van der Waals surface area (Å²) in [5.41, 5.74) is 1.26. The first-order chi connectivity index (χ1) is 13.5. The van der Waals surface area contributed by atoms with Crippen LogP contribution in [0.4, 0.5) is 5.82 Å². The predicted octanol–water partition coefficient (Wildman–Crippen LogP) is 3.71. The van der Waals surface area contributed by atoms with Crippen LogP contribution in [0.1, 0.15) is 36.7 Å². The molecule has 2 N–H and O–H groups in total. The highest BCUT2D eigenvalue weighted by Crippen LogP contribution is 2.39. The number of rotatable bonds is 8. The number of benzene rings is 1. The summed E-state index contributed by atoms with van der Waals surface area (Å²) in [6, 6.07) is 6.95. The van der Waals surface area contributed by atoms with Crippen LogP contribution in [0.3, 0.4) is 0 Å². The Kier molecular flexibility index (Phi) is 8.01. The van der Waals surface area contributed by atoms with E-state index in [2.05, 4.69) is 15.6 Å². The number of pyridine rings is 1. The minimum absolute atomic E-state index is 0.150. The van der Waals surface area contributed by atoms with E-state index in [4.69, 9.17) is 26.4 Å². The Labute approximate surface area is 170 Å². The average molecular weight is 404 g/mol. The van der Waals surface area contributed by atoms with Gasteiger partial charge in [-0.2, -0.15) is 0 Å². The molecule has 2 rings (SSSR count). The zero-order valence-electron chi connectivity index (χ0n) is 16.5. The second-order valence-corrected chi connectivity index (χ2v) is 6.09. The molecule has 0 unspecified atom stereocenters. The first-order valence-electron chi connectivity index (χ1n) is 9.10. The van der Waals surface area contributed by atoms with Crippen LogP contribution in [0.2, 0.25) is 0 Å². The van der Waals surface area contributed by atoms with E-state index in [-0.39, 0.29) is 5.11 Å². The minimum Gasteiger partial charge on any atom is -0.490 e. The molecule has 0 aliphatic carbocycles. The third-order valence-electron chi connectivity index (χ3n) is 3.64. The summed E-state index contributed by atoms with van der Waals surface area (Å²) in [6.45, 7) is 8.78. The number of aryl methyl sites for hydroxylation is 1. The Bertz CT molecular complexity index is 815. The van der Waals surface area contributed by atoms with Crippen molar-refractivity contribution in [2.75, 3.05) is 25.1 Å². The number of aromatic nitrogens is 1. The molecular formula is C20H25N3O4S. The molecule has 1 aromatic carbocycles. The number of carbonyl (C=O) groups excluding carboxylic acids is 1. The van der Waals surface area contributed by atoms with Crippen molar-refractivity contribution in [1.82, 2.24) is 10.3 Å². The van der Waals surface area contributed by atoms with Gasteiger partial charge < -0.3 is 19.5 Å². The summed E-state index contributed by atoms with van der Waals surface area (Å²) < 4.78 is 16.9. The summed E-state index contributed by atoms with van der Waals surface area (Å²) in [7, 11) is 0. The number of anilines is 1. The fraction of sp³-hybridized carbons (Fsp3) is 0.350. The van der Waals surface area contributed by atoms with Crippen LogP contribution in [0.25, 0.3) is 0 Å². The third-order valence-corrected chi connectivity index (χ3v) is 3.84. The molecule has 0 saturated heterocycles. The van der Waals surface area contributed by atoms with Crippen LogP contribution in [-0.2, 0) is 0 Å². The van der Waals surface area contributed by atoms with Gasteiger partial charge in [-0.3, -0.25) is 10.1 Å². The molecule has 8 heteroatoms. The molecular weight excluding hydrogens is 378 g/mol. The summed E-state index contributed by atoms with van der Waals surface area (Å²) in [4.78, 5) is 16.9. The lowest BCUT2D eigenvalue weighted by Crippen LogP contribution is -2.34. The zero-order valence-corrected chi connectivity index (χ0v) is 17.3. The van der Waals surface area contributed by atoms with Gasteiger partial charge in [-0.1, -0.05) is 6.07 Å². The van der Waals surface area contributed by atoms with E-state index >= 15 is 0 Å². The maximum atomic E-state index is 12.7. The Balaban J connectivity index is 2.23. The van der Waals surface area contributed by atoms with Crippen molar-refractivity contribution in [3.63, 3.8) is 0 Å². The molecule has 150 valence electrons. The Hall–Kier alpha value is -2.87. The summed E-state index contributed by atoms with van der Waals surface area (Å²) >= 11 is 5.24. The molecule has 2 aromatic rings. The lowest BCUT2D eigenvalue weighted by Gasteiger charge is -2.17. The van der Waals surface area contributed by atoms with Crippen molar-refractivity contribution >= 4 is 29.1 Å². The molecule has 7 nitrogen and oxygen atoms in total. The fourth-order valence-electron chi connectivity index (χ4n) is 2.45. The van der Waals surface area contributed by atoms with Gasteiger partial charge in [0.05, 0.1) is 19.8 Å². The molecule has 28 heavy (non-hydrogen) atoms. The molecule has 1 amide bonds. The van der Waals surface area contributed by atoms with E-state index in [1.54, 1.807) is 18.3 Å². The molecule has 0 bridgehead atoms. The molecule has 0 atom stereocenters. The summed E-state index contributed by atoms with van der Waals surface area (Å²) in [6.07, 6.45) is 1.65.